The van der Waals surface area contributed by atoms with Crippen molar-refractivity contribution in [3.63, 3.8) is 0 Å². The van der Waals surface area contributed by atoms with Crippen LogP contribution in [0.15, 0.2) is 53.4 Å². The van der Waals surface area contributed by atoms with Crippen LogP contribution in [0.2, 0.25) is 0 Å². The minimum atomic E-state index is -3.60. The molecule has 1 aliphatic heterocycles. The summed E-state index contributed by atoms with van der Waals surface area (Å²) in [6.45, 7) is 5.33. The van der Waals surface area contributed by atoms with Crippen LogP contribution in [0.25, 0.3) is 0 Å². The molecule has 3 rings (SSSR count). The SMILES string of the molecule is CC(C)CCNC(=O)c1ccc2c(c1)CCCN2S(=O)(=O)c1ccccc1. The summed E-state index contributed by atoms with van der Waals surface area (Å²) in [6, 6.07) is 13.8. The van der Waals surface area contributed by atoms with Gasteiger partial charge in [-0.25, -0.2) is 8.42 Å². The molecule has 0 unspecified atom stereocenters. The summed E-state index contributed by atoms with van der Waals surface area (Å²) in [5.74, 6) is 0.423. The highest BCUT2D eigenvalue weighted by atomic mass is 32.2. The van der Waals surface area contributed by atoms with Crippen LogP contribution < -0.4 is 9.62 Å². The van der Waals surface area contributed by atoms with Crippen molar-refractivity contribution in [2.24, 2.45) is 5.92 Å². The van der Waals surface area contributed by atoms with Crippen LogP contribution in [0.4, 0.5) is 5.69 Å². The Balaban J connectivity index is 1.84. The van der Waals surface area contributed by atoms with Crippen LogP contribution >= 0.6 is 0 Å². The van der Waals surface area contributed by atoms with E-state index in [-0.39, 0.29) is 10.8 Å². The Morgan fingerprint density at radius 1 is 1.15 bits per heavy atom. The molecule has 0 aliphatic carbocycles. The largest absolute Gasteiger partial charge is 0.352 e. The predicted octanol–water partition coefficient (Wildman–Crippen LogP) is 3.60. The van der Waals surface area contributed by atoms with Crippen molar-refractivity contribution in [3.05, 3.63) is 59.7 Å². The van der Waals surface area contributed by atoms with Gasteiger partial charge in [0.2, 0.25) is 0 Å². The lowest BCUT2D eigenvalue weighted by molar-refractivity contribution is 0.0952. The molecule has 144 valence electrons. The van der Waals surface area contributed by atoms with Crippen LogP contribution in [0.3, 0.4) is 0 Å². The highest BCUT2D eigenvalue weighted by Gasteiger charge is 2.29. The predicted molar refractivity (Wildman–Crippen MR) is 108 cm³/mol. The zero-order valence-electron chi connectivity index (χ0n) is 15.8. The number of hydrogen-bond acceptors (Lipinski definition) is 3. The van der Waals surface area contributed by atoms with Gasteiger partial charge in [-0.2, -0.15) is 0 Å². The van der Waals surface area contributed by atoms with Crippen LogP contribution in [0, 0.1) is 5.92 Å². The first-order valence-electron chi connectivity index (χ1n) is 9.38. The van der Waals surface area contributed by atoms with Gasteiger partial charge in [0.15, 0.2) is 0 Å². The normalized spacial score (nSPS) is 14.1. The van der Waals surface area contributed by atoms with Gasteiger partial charge in [-0.05, 0) is 61.1 Å². The average molecular weight is 387 g/mol. The molecule has 2 aromatic rings. The molecule has 2 aromatic carbocycles. The van der Waals surface area contributed by atoms with Crippen molar-refractivity contribution in [2.45, 2.75) is 38.0 Å². The Labute approximate surface area is 161 Å². The average Bonchev–Trinajstić information content (AvgIpc) is 2.67. The Bertz CT molecular complexity index is 908. The van der Waals surface area contributed by atoms with Gasteiger partial charge in [0.25, 0.3) is 15.9 Å². The van der Waals surface area contributed by atoms with Gasteiger partial charge in [-0.3, -0.25) is 9.10 Å². The smallest absolute Gasteiger partial charge is 0.264 e. The second-order valence-electron chi connectivity index (χ2n) is 7.28. The molecular formula is C21H26N2O3S. The lowest BCUT2D eigenvalue weighted by Crippen LogP contribution is -2.35. The van der Waals surface area contributed by atoms with Gasteiger partial charge in [-0.15, -0.1) is 0 Å². The van der Waals surface area contributed by atoms with Crippen LogP contribution in [-0.2, 0) is 16.4 Å². The first-order chi connectivity index (χ1) is 12.9. The zero-order chi connectivity index (χ0) is 19.4. The fraction of sp³-hybridized carbons (Fsp3) is 0.381. The van der Waals surface area contributed by atoms with E-state index in [1.807, 2.05) is 6.07 Å². The first-order valence-corrected chi connectivity index (χ1v) is 10.8. The third-order valence-corrected chi connectivity index (χ3v) is 6.58. The monoisotopic (exact) mass is 386 g/mol. The fourth-order valence-electron chi connectivity index (χ4n) is 3.25. The number of aryl methyl sites for hydroxylation is 1. The summed E-state index contributed by atoms with van der Waals surface area (Å²) >= 11 is 0. The summed E-state index contributed by atoms with van der Waals surface area (Å²) in [6.07, 6.45) is 2.43. The maximum absolute atomic E-state index is 13.0. The quantitative estimate of drug-likeness (QED) is 0.825. The molecule has 0 saturated heterocycles. The van der Waals surface area contributed by atoms with E-state index >= 15 is 0 Å². The lowest BCUT2D eigenvalue weighted by Gasteiger charge is -2.30. The maximum atomic E-state index is 13.0. The summed E-state index contributed by atoms with van der Waals surface area (Å²) < 4.78 is 27.5. The van der Waals surface area contributed by atoms with Crippen LogP contribution in [0.1, 0.15) is 42.6 Å². The molecule has 0 fully saturated rings. The zero-order valence-corrected chi connectivity index (χ0v) is 16.6. The van der Waals surface area contributed by atoms with E-state index in [1.54, 1.807) is 42.5 Å². The molecule has 27 heavy (non-hydrogen) atoms. The third-order valence-electron chi connectivity index (χ3n) is 4.76. The second kappa shape index (κ2) is 8.13. The Morgan fingerprint density at radius 3 is 2.59 bits per heavy atom. The summed E-state index contributed by atoms with van der Waals surface area (Å²) in [5.41, 5.74) is 2.15. The molecule has 0 bridgehead atoms. The molecule has 1 aliphatic rings. The lowest BCUT2D eigenvalue weighted by atomic mass is 10.0. The number of sulfonamides is 1. The van der Waals surface area contributed by atoms with E-state index in [0.29, 0.717) is 30.3 Å². The van der Waals surface area contributed by atoms with E-state index < -0.39 is 10.0 Å². The van der Waals surface area contributed by atoms with Crippen molar-refractivity contribution >= 4 is 21.6 Å². The third kappa shape index (κ3) is 4.33. The topological polar surface area (TPSA) is 66.5 Å². The Morgan fingerprint density at radius 2 is 1.89 bits per heavy atom. The number of rotatable bonds is 6. The highest BCUT2D eigenvalue weighted by Crippen LogP contribution is 2.32. The van der Waals surface area contributed by atoms with Crippen molar-refractivity contribution in [1.29, 1.82) is 0 Å². The van der Waals surface area contributed by atoms with Gasteiger partial charge < -0.3 is 5.32 Å². The minimum Gasteiger partial charge on any atom is -0.352 e. The molecule has 0 saturated carbocycles. The van der Waals surface area contributed by atoms with E-state index in [1.165, 1.54) is 4.31 Å². The van der Waals surface area contributed by atoms with Gasteiger partial charge >= 0.3 is 0 Å². The molecule has 5 nitrogen and oxygen atoms in total. The molecule has 1 heterocycles. The number of anilines is 1. The molecule has 0 atom stereocenters. The molecule has 1 amide bonds. The standard InChI is InChI=1S/C21H26N2O3S/c1-16(2)12-13-22-21(24)18-10-11-20-17(15-18)7-6-14-23(20)27(25,26)19-8-4-3-5-9-19/h3-5,8-11,15-16H,6-7,12-14H2,1-2H3,(H,22,24). The van der Waals surface area contributed by atoms with E-state index in [0.717, 1.165) is 24.8 Å². The number of nitrogens with one attached hydrogen (secondary N) is 1. The van der Waals surface area contributed by atoms with Crippen LogP contribution in [0.5, 0.6) is 0 Å². The fourth-order valence-corrected chi connectivity index (χ4v) is 4.81. The molecule has 6 heteroatoms. The maximum Gasteiger partial charge on any atom is 0.264 e. The number of carbonyl (C=O) groups excluding carboxylic acids is 1. The highest BCUT2D eigenvalue weighted by molar-refractivity contribution is 7.92. The summed E-state index contributed by atoms with van der Waals surface area (Å²) in [5, 5.41) is 2.93. The number of hydrogen-bond donors (Lipinski definition) is 1. The number of nitrogens with zero attached hydrogens (tertiary/aromatic N) is 1. The van der Waals surface area contributed by atoms with Gasteiger partial charge in [0.1, 0.15) is 0 Å². The van der Waals surface area contributed by atoms with Crippen molar-refractivity contribution < 1.29 is 13.2 Å². The van der Waals surface area contributed by atoms with E-state index in [2.05, 4.69) is 19.2 Å². The minimum absolute atomic E-state index is 0.110. The number of benzene rings is 2. The number of fused-ring (bicyclic) bond motifs is 1. The molecule has 0 radical (unpaired) electrons. The molecule has 0 spiro atoms. The summed E-state index contributed by atoms with van der Waals surface area (Å²) in [7, 11) is -3.60. The Hall–Kier alpha value is -2.34. The van der Waals surface area contributed by atoms with E-state index in [9.17, 15) is 13.2 Å². The Kier molecular flexibility index (Phi) is 5.85. The molecular weight excluding hydrogens is 360 g/mol. The second-order valence-corrected chi connectivity index (χ2v) is 9.14. The first kappa shape index (κ1) is 19.4. The van der Waals surface area contributed by atoms with Gasteiger partial charge in [-0.1, -0.05) is 32.0 Å². The van der Waals surface area contributed by atoms with Gasteiger partial charge in [0, 0.05) is 18.7 Å². The van der Waals surface area contributed by atoms with Crippen molar-refractivity contribution in [2.75, 3.05) is 17.4 Å². The van der Waals surface area contributed by atoms with Crippen molar-refractivity contribution in [3.8, 4) is 0 Å². The number of amides is 1. The molecule has 0 aromatic heterocycles. The molecule has 1 N–H and O–H groups in total. The number of carbonyl (C=O) groups is 1. The van der Waals surface area contributed by atoms with Gasteiger partial charge in [0.05, 0.1) is 10.6 Å². The van der Waals surface area contributed by atoms with E-state index in [4.69, 9.17) is 0 Å². The van der Waals surface area contributed by atoms with Crippen molar-refractivity contribution in [1.82, 2.24) is 5.32 Å². The van der Waals surface area contributed by atoms with Crippen LogP contribution in [-0.4, -0.2) is 27.4 Å². The summed E-state index contributed by atoms with van der Waals surface area (Å²) in [4.78, 5) is 12.7.